The summed E-state index contributed by atoms with van der Waals surface area (Å²) >= 11 is 0. The molecular formula is C42H54O10. The highest BCUT2D eigenvalue weighted by Gasteiger charge is 2.18. The van der Waals surface area contributed by atoms with E-state index in [-0.39, 0.29) is 13.2 Å². The minimum atomic E-state index is -0.475. The van der Waals surface area contributed by atoms with Crippen LogP contribution in [-0.4, -0.2) is 78.0 Å². The minimum absolute atomic E-state index is 0.281. The van der Waals surface area contributed by atoms with E-state index in [1.54, 1.807) is 13.8 Å². The average molecular weight is 719 g/mol. The smallest absolute Gasteiger partial charge is 0.333 e. The fourth-order valence-electron chi connectivity index (χ4n) is 4.66. The van der Waals surface area contributed by atoms with Crippen LogP contribution in [0.15, 0.2) is 109 Å². The van der Waals surface area contributed by atoms with Crippen molar-refractivity contribution >= 4 is 11.9 Å². The minimum Gasteiger partial charge on any atom is -0.491 e. The summed E-state index contributed by atoms with van der Waals surface area (Å²) in [6.45, 7) is 15.3. The number of rotatable bonds is 28. The molecule has 52 heavy (non-hydrogen) atoms. The predicted molar refractivity (Wildman–Crippen MR) is 199 cm³/mol. The molecule has 10 nitrogen and oxygen atoms in total. The first-order chi connectivity index (χ1) is 25.3. The van der Waals surface area contributed by atoms with Crippen molar-refractivity contribution in [2.45, 2.75) is 51.7 Å². The second-order valence-corrected chi connectivity index (χ2v) is 12.1. The van der Waals surface area contributed by atoms with Gasteiger partial charge < -0.3 is 37.9 Å². The van der Waals surface area contributed by atoms with E-state index in [1.165, 1.54) is 0 Å². The van der Waals surface area contributed by atoms with Crippen molar-refractivity contribution in [1.82, 2.24) is 0 Å². The summed E-state index contributed by atoms with van der Waals surface area (Å²) in [6.07, 6.45) is 2.39. The number of esters is 2. The predicted octanol–water partition coefficient (Wildman–Crippen LogP) is 7.79. The number of carbonyl (C=O) groups excluding carboxylic acids is 2. The maximum absolute atomic E-state index is 12.0. The summed E-state index contributed by atoms with van der Waals surface area (Å²) in [5.74, 6) is 0.629. The lowest BCUT2D eigenvalue weighted by Crippen LogP contribution is -2.17. The zero-order valence-electron chi connectivity index (χ0n) is 30.6. The van der Waals surface area contributed by atoms with Crippen LogP contribution < -0.4 is 9.47 Å². The number of carbonyl (C=O) groups is 2. The van der Waals surface area contributed by atoms with Crippen LogP contribution in [0, 0.1) is 0 Å². The second kappa shape index (κ2) is 25.5. The van der Waals surface area contributed by atoms with Gasteiger partial charge in [0, 0.05) is 37.6 Å². The Morgan fingerprint density at radius 1 is 0.481 bits per heavy atom. The molecule has 3 aromatic rings. The van der Waals surface area contributed by atoms with Gasteiger partial charge in [-0.1, -0.05) is 73.8 Å². The molecule has 0 aliphatic rings. The molecule has 0 bridgehead atoms. The van der Waals surface area contributed by atoms with Crippen molar-refractivity contribution in [2.75, 3.05) is 66.1 Å². The Bertz CT molecular complexity index is 1330. The zero-order valence-corrected chi connectivity index (χ0v) is 30.6. The molecule has 0 aliphatic heterocycles. The molecule has 282 valence electrons. The van der Waals surface area contributed by atoms with Crippen LogP contribution >= 0.6 is 0 Å². The molecule has 0 N–H and O–H groups in total. The molecule has 0 fully saturated rings. The van der Waals surface area contributed by atoms with Crippen LogP contribution in [0.3, 0.4) is 0 Å². The van der Waals surface area contributed by atoms with E-state index in [0.717, 1.165) is 48.3 Å². The Hall–Kier alpha value is -4.48. The molecule has 3 aromatic carbocycles. The fraction of sp³-hybridized carbons (Fsp3) is 0.429. The number of benzene rings is 3. The highest BCUT2D eigenvalue weighted by molar-refractivity contribution is 5.87. The van der Waals surface area contributed by atoms with Gasteiger partial charge in [-0.2, -0.15) is 0 Å². The third-order valence-electron chi connectivity index (χ3n) is 7.55. The molecule has 0 radical (unpaired) electrons. The lowest BCUT2D eigenvalue weighted by Gasteiger charge is -2.18. The molecule has 0 heterocycles. The topological polar surface area (TPSA) is 108 Å². The van der Waals surface area contributed by atoms with E-state index >= 15 is 0 Å². The molecule has 3 rings (SSSR count). The molecule has 0 aromatic heterocycles. The first-order valence-electron chi connectivity index (χ1n) is 17.8. The number of unbranched alkanes of at least 4 members (excludes halogenated alkanes) is 2. The van der Waals surface area contributed by atoms with Crippen LogP contribution in [-0.2, 0) is 38.0 Å². The summed E-state index contributed by atoms with van der Waals surface area (Å²) in [5.41, 5.74) is 2.48. The summed E-state index contributed by atoms with van der Waals surface area (Å²) < 4.78 is 45.6. The maximum Gasteiger partial charge on any atom is 0.333 e. The van der Waals surface area contributed by atoms with Gasteiger partial charge >= 0.3 is 11.9 Å². The van der Waals surface area contributed by atoms with E-state index < -0.39 is 24.1 Å². The molecule has 0 aliphatic carbocycles. The SMILES string of the molecule is C=C(C)C(=O)OC(COCCCCOCCOc1ccc(OCCOCCCCOCC(OC(=O)C(=C)C)c2ccccc2)cc1)c1ccccc1. The van der Waals surface area contributed by atoms with Crippen molar-refractivity contribution in [1.29, 1.82) is 0 Å². The molecule has 2 unspecified atom stereocenters. The number of hydrogen-bond donors (Lipinski definition) is 0. The van der Waals surface area contributed by atoms with E-state index in [9.17, 15) is 9.59 Å². The Morgan fingerprint density at radius 3 is 1.17 bits per heavy atom. The Morgan fingerprint density at radius 2 is 0.827 bits per heavy atom. The van der Waals surface area contributed by atoms with Gasteiger partial charge in [-0.25, -0.2) is 9.59 Å². The van der Waals surface area contributed by atoms with Crippen molar-refractivity contribution in [2.24, 2.45) is 0 Å². The number of ether oxygens (including phenoxy) is 8. The Balaban J connectivity index is 1.14. The number of hydrogen-bond acceptors (Lipinski definition) is 10. The van der Waals surface area contributed by atoms with Crippen molar-refractivity contribution < 1.29 is 47.5 Å². The molecule has 0 spiro atoms. The summed E-state index contributed by atoms with van der Waals surface area (Å²) in [4.78, 5) is 24.1. The van der Waals surface area contributed by atoms with Crippen LogP contribution in [0.5, 0.6) is 11.5 Å². The van der Waals surface area contributed by atoms with Crippen LogP contribution in [0.25, 0.3) is 0 Å². The molecule has 2 atom stereocenters. The van der Waals surface area contributed by atoms with E-state index in [1.807, 2.05) is 84.9 Å². The van der Waals surface area contributed by atoms with Gasteiger partial charge in [-0.05, 0) is 74.9 Å². The van der Waals surface area contributed by atoms with Crippen molar-refractivity contribution in [3.8, 4) is 11.5 Å². The summed E-state index contributed by atoms with van der Waals surface area (Å²) in [5, 5.41) is 0. The molecular weight excluding hydrogens is 664 g/mol. The lowest BCUT2D eigenvalue weighted by atomic mass is 10.1. The van der Waals surface area contributed by atoms with Gasteiger partial charge in [-0.15, -0.1) is 0 Å². The molecule has 0 saturated carbocycles. The lowest BCUT2D eigenvalue weighted by molar-refractivity contribution is -0.148. The largest absolute Gasteiger partial charge is 0.491 e. The molecule has 0 saturated heterocycles. The fourth-order valence-corrected chi connectivity index (χ4v) is 4.66. The highest BCUT2D eigenvalue weighted by Crippen LogP contribution is 2.21. The van der Waals surface area contributed by atoms with Crippen LogP contribution in [0.2, 0.25) is 0 Å². The standard InChI is InChI=1S/C42H54O10/c1-33(2)41(43)51-39(35-15-7-5-8-16-35)31-47-25-13-11-23-45-27-29-49-37-19-21-38(22-20-37)50-30-28-46-24-12-14-26-48-32-40(52-42(44)34(3)4)36-17-9-6-10-18-36/h5-10,15-22,39-40H,1,3,11-14,23-32H2,2,4H3. The van der Waals surface area contributed by atoms with Gasteiger partial charge in [0.05, 0.1) is 26.4 Å². The van der Waals surface area contributed by atoms with Crippen molar-refractivity contribution in [3.63, 3.8) is 0 Å². The molecule has 0 amide bonds. The van der Waals surface area contributed by atoms with Crippen molar-refractivity contribution in [3.05, 3.63) is 120 Å². The first-order valence-corrected chi connectivity index (χ1v) is 17.8. The molecule has 10 heteroatoms. The second-order valence-electron chi connectivity index (χ2n) is 12.1. The Labute approximate surface area is 308 Å². The summed E-state index contributed by atoms with van der Waals surface area (Å²) in [6, 6.07) is 26.6. The van der Waals surface area contributed by atoms with Crippen LogP contribution in [0.1, 0.15) is 62.9 Å². The maximum atomic E-state index is 12.0. The zero-order chi connectivity index (χ0) is 37.2. The normalized spacial score (nSPS) is 12.0. The average Bonchev–Trinajstić information content (AvgIpc) is 3.16. The Kier molecular flexibility index (Phi) is 20.5. The summed E-state index contributed by atoms with van der Waals surface area (Å²) in [7, 11) is 0. The third kappa shape index (κ3) is 17.6. The van der Waals surface area contributed by atoms with Gasteiger partial charge in [0.1, 0.15) is 24.7 Å². The highest BCUT2D eigenvalue weighted by atomic mass is 16.6. The monoisotopic (exact) mass is 718 g/mol. The van der Waals surface area contributed by atoms with Gasteiger partial charge in [0.2, 0.25) is 0 Å². The van der Waals surface area contributed by atoms with Crippen LogP contribution in [0.4, 0.5) is 0 Å². The van der Waals surface area contributed by atoms with E-state index in [2.05, 4.69) is 13.2 Å². The van der Waals surface area contributed by atoms with E-state index in [0.29, 0.717) is 64.0 Å². The van der Waals surface area contributed by atoms with Gasteiger partial charge in [-0.3, -0.25) is 0 Å². The van der Waals surface area contributed by atoms with E-state index in [4.69, 9.17) is 37.9 Å². The quantitative estimate of drug-likeness (QED) is 0.0420. The third-order valence-corrected chi connectivity index (χ3v) is 7.55. The van der Waals surface area contributed by atoms with Gasteiger partial charge in [0.25, 0.3) is 0 Å². The first kappa shape index (κ1) is 41.9. The van der Waals surface area contributed by atoms with Gasteiger partial charge in [0.15, 0.2) is 12.2 Å².